The van der Waals surface area contributed by atoms with E-state index in [4.69, 9.17) is 18.9 Å². The van der Waals surface area contributed by atoms with Crippen LogP contribution in [0.4, 0.5) is 0 Å². The van der Waals surface area contributed by atoms with Gasteiger partial charge in [0.05, 0.1) is 0 Å². The van der Waals surface area contributed by atoms with Crippen molar-refractivity contribution >= 4 is 0 Å². The van der Waals surface area contributed by atoms with E-state index in [0.717, 1.165) is 0 Å². The van der Waals surface area contributed by atoms with Crippen molar-refractivity contribution in [1.29, 1.82) is 0 Å². The van der Waals surface area contributed by atoms with E-state index in [1.807, 2.05) is 48.5 Å². The summed E-state index contributed by atoms with van der Waals surface area (Å²) in [6.07, 6.45) is 3.37. The van der Waals surface area contributed by atoms with Gasteiger partial charge in [0.25, 0.3) is 0 Å². The van der Waals surface area contributed by atoms with Crippen LogP contribution >= 0.6 is 0 Å². The van der Waals surface area contributed by atoms with Crippen LogP contribution in [-0.2, 0) is 0 Å². The molecule has 26 heavy (non-hydrogen) atoms. The smallest absolute Gasteiger partial charge is 0.213 e. The molecule has 0 fully saturated rings. The number of nitrogens with zero attached hydrogens (tertiary/aromatic N) is 2. The minimum atomic E-state index is 0.390. The SMILES string of the molecule is c1ccc(OCCOc2ccccc2OCCOc2ccccn2)nc1. The van der Waals surface area contributed by atoms with Crippen molar-refractivity contribution in [2.45, 2.75) is 0 Å². The summed E-state index contributed by atoms with van der Waals surface area (Å²) in [7, 11) is 0. The van der Waals surface area contributed by atoms with Gasteiger partial charge in [-0.05, 0) is 24.3 Å². The highest BCUT2D eigenvalue weighted by Crippen LogP contribution is 2.26. The van der Waals surface area contributed by atoms with Crippen LogP contribution in [0.3, 0.4) is 0 Å². The second-order valence-corrected chi connectivity index (χ2v) is 5.18. The number of ether oxygens (including phenoxy) is 4. The van der Waals surface area contributed by atoms with E-state index in [1.54, 1.807) is 24.5 Å². The number of hydrogen-bond donors (Lipinski definition) is 0. The standard InChI is InChI=1S/C20H20N2O4/c1-2-8-18(24-14-16-26-20-10-4-6-12-22-20)17(7-1)23-13-15-25-19-9-3-5-11-21-19/h1-12H,13-16H2. The van der Waals surface area contributed by atoms with E-state index < -0.39 is 0 Å². The Hall–Kier alpha value is -3.28. The van der Waals surface area contributed by atoms with Gasteiger partial charge in [0.2, 0.25) is 11.8 Å². The van der Waals surface area contributed by atoms with Crippen molar-refractivity contribution in [1.82, 2.24) is 9.97 Å². The fourth-order valence-corrected chi connectivity index (χ4v) is 2.15. The fraction of sp³-hybridized carbons (Fsp3) is 0.200. The van der Waals surface area contributed by atoms with Gasteiger partial charge in [0.15, 0.2) is 11.5 Å². The molecule has 0 unspecified atom stereocenters. The molecule has 0 aliphatic rings. The summed E-state index contributed by atoms with van der Waals surface area (Å²) < 4.78 is 22.5. The Morgan fingerprint density at radius 3 is 1.35 bits per heavy atom. The summed E-state index contributed by atoms with van der Waals surface area (Å²) >= 11 is 0. The molecular weight excluding hydrogens is 332 g/mol. The lowest BCUT2D eigenvalue weighted by atomic mass is 10.3. The minimum absolute atomic E-state index is 0.390. The average molecular weight is 352 g/mol. The van der Waals surface area contributed by atoms with Crippen LogP contribution in [0.5, 0.6) is 23.3 Å². The highest BCUT2D eigenvalue weighted by Gasteiger charge is 2.05. The zero-order chi connectivity index (χ0) is 17.9. The summed E-state index contributed by atoms with van der Waals surface area (Å²) in [4.78, 5) is 8.19. The number of aromatic nitrogens is 2. The van der Waals surface area contributed by atoms with E-state index in [0.29, 0.717) is 49.7 Å². The zero-order valence-corrected chi connectivity index (χ0v) is 14.3. The van der Waals surface area contributed by atoms with E-state index >= 15 is 0 Å². The highest BCUT2D eigenvalue weighted by molar-refractivity contribution is 5.39. The van der Waals surface area contributed by atoms with Gasteiger partial charge in [-0.25, -0.2) is 9.97 Å². The molecule has 2 heterocycles. The topological polar surface area (TPSA) is 62.7 Å². The van der Waals surface area contributed by atoms with Gasteiger partial charge in [-0.3, -0.25) is 0 Å². The highest BCUT2D eigenvalue weighted by atomic mass is 16.6. The third kappa shape index (κ3) is 5.66. The van der Waals surface area contributed by atoms with Gasteiger partial charge in [-0.15, -0.1) is 0 Å². The summed E-state index contributed by atoms with van der Waals surface area (Å²) in [5.74, 6) is 2.48. The van der Waals surface area contributed by atoms with Crippen molar-refractivity contribution in [3.05, 3.63) is 73.1 Å². The molecule has 0 aliphatic heterocycles. The summed E-state index contributed by atoms with van der Waals surface area (Å²) in [5.41, 5.74) is 0. The first-order valence-electron chi connectivity index (χ1n) is 8.34. The van der Waals surface area contributed by atoms with Gasteiger partial charge in [0, 0.05) is 24.5 Å². The first-order valence-corrected chi connectivity index (χ1v) is 8.34. The second-order valence-electron chi connectivity index (χ2n) is 5.18. The summed E-state index contributed by atoms with van der Waals surface area (Å²) in [6.45, 7) is 1.57. The molecule has 134 valence electrons. The molecule has 0 bridgehead atoms. The van der Waals surface area contributed by atoms with Crippen molar-refractivity contribution in [3.8, 4) is 23.3 Å². The normalized spacial score (nSPS) is 10.2. The lowest BCUT2D eigenvalue weighted by molar-refractivity contribution is 0.188. The van der Waals surface area contributed by atoms with Gasteiger partial charge >= 0.3 is 0 Å². The Morgan fingerprint density at radius 2 is 0.923 bits per heavy atom. The van der Waals surface area contributed by atoms with Crippen LogP contribution in [0.2, 0.25) is 0 Å². The van der Waals surface area contributed by atoms with E-state index in [9.17, 15) is 0 Å². The number of benzene rings is 1. The first kappa shape index (κ1) is 17.5. The third-order valence-corrected chi connectivity index (χ3v) is 3.31. The maximum absolute atomic E-state index is 5.74. The van der Waals surface area contributed by atoms with Crippen LogP contribution in [-0.4, -0.2) is 36.4 Å². The van der Waals surface area contributed by atoms with Gasteiger partial charge in [-0.2, -0.15) is 0 Å². The Bertz CT molecular complexity index is 703. The van der Waals surface area contributed by atoms with Gasteiger partial charge in [0.1, 0.15) is 26.4 Å². The van der Waals surface area contributed by atoms with Crippen molar-refractivity contribution in [3.63, 3.8) is 0 Å². The molecule has 3 rings (SSSR count). The Labute approximate surface area is 152 Å². The van der Waals surface area contributed by atoms with E-state index in [2.05, 4.69) is 9.97 Å². The molecule has 6 heteroatoms. The van der Waals surface area contributed by atoms with E-state index in [1.165, 1.54) is 0 Å². The molecule has 3 aromatic rings. The maximum Gasteiger partial charge on any atom is 0.213 e. The third-order valence-electron chi connectivity index (χ3n) is 3.31. The Morgan fingerprint density at radius 1 is 0.500 bits per heavy atom. The molecule has 0 saturated carbocycles. The van der Waals surface area contributed by atoms with Crippen LogP contribution < -0.4 is 18.9 Å². The molecule has 0 amide bonds. The monoisotopic (exact) mass is 352 g/mol. The maximum atomic E-state index is 5.74. The van der Waals surface area contributed by atoms with Gasteiger partial charge < -0.3 is 18.9 Å². The van der Waals surface area contributed by atoms with Crippen LogP contribution in [0.1, 0.15) is 0 Å². The molecule has 0 N–H and O–H groups in total. The van der Waals surface area contributed by atoms with Crippen molar-refractivity contribution in [2.24, 2.45) is 0 Å². The van der Waals surface area contributed by atoms with Crippen LogP contribution in [0, 0.1) is 0 Å². The van der Waals surface area contributed by atoms with Crippen molar-refractivity contribution < 1.29 is 18.9 Å². The Balaban J connectivity index is 1.41. The summed E-state index contributed by atoms with van der Waals surface area (Å²) in [6, 6.07) is 18.5. The van der Waals surface area contributed by atoms with Crippen LogP contribution in [0.15, 0.2) is 73.1 Å². The average Bonchev–Trinajstić information content (AvgIpc) is 2.71. The lowest BCUT2D eigenvalue weighted by Gasteiger charge is -2.13. The fourth-order valence-electron chi connectivity index (χ4n) is 2.15. The first-order chi connectivity index (χ1) is 12.9. The number of hydrogen-bond acceptors (Lipinski definition) is 6. The molecule has 0 aliphatic carbocycles. The lowest BCUT2D eigenvalue weighted by Crippen LogP contribution is -2.12. The molecule has 6 nitrogen and oxygen atoms in total. The Kier molecular flexibility index (Phi) is 6.67. The molecule has 0 atom stereocenters. The number of rotatable bonds is 10. The molecular formula is C20H20N2O4. The van der Waals surface area contributed by atoms with Crippen molar-refractivity contribution in [2.75, 3.05) is 26.4 Å². The molecule has 1 aromatic carbocycles. The minimum Gasteiger partial charge on any atom is -0.486 e. The molecule has 2 aromatic heterocycles. The summed E-state index contributed by atoms with van der Waals surface area (Å²) in [5, 5.41) is 0. The predicted molar refractivity (Wildman–Crippen MR) is 96.9 cm³/mol. The number of pyridine rings is 2. The zero-order valence-electron chi connectivity index (χ0n) is 14.3. The second kappa shape index (κ2) is 9.88. The number of para-hydroxylation sites is 2. The molecule has 0 radical (unpaired) electrons. The van der Waals surface area contributed by atoms with Crippen LogP contribution in [0.25, 0.3) is 0 Å². The molecule has 0 saturated heterocycles. The largest absolute Gasteiger partial charge is 0.486 e. The van der Waals surface area contributed by atoms with E-state index in [-0.39, 0.29) is 0 Å². The molecule has 0 spiro atoms. The quantitative estimate of drug-likeness (QED) is 0.521. The van der Waals surface area contributed by atoms with Gasteiger partial charge in [-0.1, -0.05) is 24.3 Å². The predicted octanol–water partition coefficient (Wildman–Crippen LogP) is 3.39.